The molecule has 32 heavy (non-hydrogen) atoms. The molecule has 1 aliphatic carbocycles. The Hall–Kier alpha value is -2.41. The number of amides is 2. The molecule has 2 aliphatic rings. The first-order valence-electron chi connectivity index (χ1n) is 11.9. The van der Waals surface area contributed by atoms with Gasteiger partial charge in [0.15, 0.2) is 5.78 Å². The zero-order valence-electron chi connectivity index (χ0n) is 19.2. The van der Waals surface area contributed by atoms with E-state index in [1.807, 2.05) is 6.92 Å². The third-order valence-corrected chi connectivity index (χ3v) is 6.73. The van der Waals surface area contributed by atoms with Crippen LogP contribution >= 0.6 is 0 Å². The summed E-state index contributed by atoms with van der Waals surface area (Å²) in [4.78, 5) is 38.7. The highest BCUT2D eigenvalue weighted by Gasteiger charge is 2.35. The van der Waals surface area contributed by atoms with Gasteiger partial charge in [0, 0.05) is 11.5 Å². The van der Waals surface area contributed by atoms with Gasteiger partial charge in [-0.15, -0.1) is 0 Å². The minimum atomic E-state index is -0.711. The van der Waals surface area contributed by atoms with Crippen LogP contribution in [0, 0.1) is 18.8 Å². The van der Waals surface area contributed by atoms with Crippen molar-refractivity contribution in [3.05, 3.63) is 29.3 Å². The van der Waals surface area contributed by atoms with Crippen LogP contribution in [-0.2, 0) is 14.3 Å². The number of phenols is 1. The number of hydrogen-bond acceptors (Lipinski definition) is 5. The first-order valence-corrected chi connectivity index (χ1v) is 11.9. The summed E-state index contributed by atoms with van der Waals surface area (Å²) >= 11 is 0. The summed E-state index contributed by atoms with van der Waals surface area (Å²) < 4.78 is 5.39. The van der Waals surface area contributed by atoms with Crippen molar-refractivity contribution >= 4 is 17.6 Å². The van der Waals surface area contributed by atoms with Crippen LogP contribution in [0.15, 0.2) is 18.2 Å². The largest absolute Gasteiger partial charge is 0.508 e. The lowest BCUT2D eigenvalue weighted by atomic mass is 9.84. The quantitative estimate of drug-likeness (QED) is 0.571. The maximum absolute atomic E-state index is 13.3. The molecule has 1 saturated carbocycles. The molecule has 2 amide bonds. The molecule has 0 spiro atoms. The summed E-state index contributed by atoms with van der Waals surface area (Å²) in [6, 6.07) is 3.36. The predicted octanol–water partition coefficient (Wildman–Crippen LogP) is 3.27. The van der Waals surface area contributed by atoms with Gasteiger partial charge in [0.2, 0.25) is 5.91 Å². The van der Waals surface area contributed by atoms with Crippen molar-refractivity contribution < 1.29 is 24.2 Å². The van der Waals surface area contributed by atoms with E-state index in [1.54, 1.807) is 19.1 Å². The predicted molar refractivity (Wildman–Crippen MR) is 121 cm³/mol. The molecule has 3 rings (SSSR count). The van der Waals surface area contributed by atoms with Gasteiger partial charge in [-0.2, -0.15) is 0 Å². The molecule has 1 aromatic rings. The van der Waals surface area contributed by atoms with E-state index in [4.69, 9.17) is 4.74 Å². The van der Waals surface area contributed by atoms with Crippen LogP contribution in [0.4, 0.5) is 0 Å². The summed E-state index contributed by atoms with van der Waals surface area (Å²) in [7, 11) is 0. The van der Waals surface area contributed by atoms with E-state index in [2.05, 4.69) is 10.6 Å². The van der Waals surface area contributed by atoms with Crippen molar-refractivity contribution in [2.24, 2.45) is 11.8 Å². The number of carbonyl (C=O) groups excluding carboxylic acids is 3. The van der Waals surface area contributed by atoms with Gasteiger partial charge in [-0.1, -0.05) is 45.4 Å². The number of phenolic OH excluding ortho intramolecular Hbond substituents is 1. The van der Waals surface area contributed by atoms with E-state index in [0.29, 0.717) is 30.1 Å². The molecular weight excluding hydrogens is 408 g/mol. The molecule has 7 nitrogen and oxygen atoms in total. The minimum absolute atomic E-state index is 0.0115. The lowest BCUT2D eigenvalue weighted by Gasteiger charge is -2.33. The Balaban J connectivity index is 1.74. The Labute approximate surface area is 190 Å². The fraction of sp³-hybridized carbons (Fsp3) is 0.640. The Morgan fingerprint density at radius 3 is 2.66 bits per heavy atom. The SMILES string of the molecule is CCCC1COCC(=O)C1NC(=O)[C@H](CC1CCCCC1)NC(=O)c1ccc(O)c(C)c1. The molecule has 3 atom stereocenters. The second-order valence-corrected chi connectivity index (χ2v) is 9.28. The first kappa shape index (κ1) is 24.2. The van der Waals surface area contributed by atoms with Crippen molar-refractivity contribution in [1.29, 1.82) is 0 Å². The fourth-order valence-corrected chi connectivity index (χ4v) is 4.86. The third kappa shape index (κ3) is 6.31. The standard InChI is InChI=1S/C25H36N2O5/c1-3-7-19-14-32-15-22(29)23(19)27-25(31)20(13-17-8-5-4-6-9-17)26-24(30)18-10-11-21(28)16(2)12-18/h10-12,17,19-20,23,28H,3-9,13-15H2,1-2H3,(H,26,30)(H,27,31)/t19?,20-,23?/m0/s1. The average Bonchev–Trinajstić information content (AvgIpc) is 2.78. The summed E-state index contributed by atoms with van der Waals surface area (Å²) in [5, 5.41) is 15.6. The van der Waals surface area contributed by atoms with Crippen molar-refractivity contribution in [1.82, 2.24) is 10.6 Å². The molecule has 1 saturated heterocycles. The topological polar surface area (TPSA) is 105 Å². The second kappa shape index (κ2) is 11.5. The minimum Gasteiger partial charge on any atom is -0.508 e. The summed E-state index contributed by atoms with van der Waals surface area (Å²) in [6.45, 7) is 4.24. The maximum atomic E-state index is 13.3. The van der Waals surface area contributed by atoms with Crippen molar-refractivity contribution in [3.63, 3.8) is 0 Å². The zero-order chi connectivity index (χ0) is 23.1. The summed E-state index contributed by atoms with van der Waals surface area (Å²) in [5.41, 5.74) is 0.994. The highest BCUT2D eigenvalue weighted by molar-refractivity contribution is 5.99. The van der Waals surface area contributed by atoms with Gasteiger partial charge in [-0.25, -0.2) is 0 Å². The number of ketones is 1. The monoisotopic (exact) mass is 444 g/mol. The number of aromatic hydroxyl groups is 1. The molecule has 2 fully saturated rings. The van der Waals surface area contributed by atoms with Crippen molar-refractivity contribution in [3.8, 4) is 5.75 Å². The van der Waals surface area contributed by atoms with E-state index in [0.717, 1.165) is 38.5 Å². The van der Waals surface area contributed by atoms with Crippen LogP contribution in [0.5, 0.6) is 5.75 Å². The number of hydrogen-bond donors (Lipinski definition) is 3. The number of Topliss-reactive ketones (excluding diaryl/α,β-unsaturated/α-hetero) is 1. The highest BCUT2D eigenvalue weighted by Crippen LogP contribution is 2.28. The number of carbonyl (C=O) groups is 3. The van der Waals surface area contributed by atoms with Gasteiger partial charge in [0.05, 0.1) is 12.6 Å². The van der Waals surface area contributed by atoms with Gasteiger partial charge in [0.1, 0.15) is 18.4 Å². The highest BCUT2D eigenvalue weighted by atomic mass is 16.5. The van der Waals surface area contributed by atoms with Crippen LogP contribution < -0.4 is 10.6 Å². The van der Waals surface area contributed by atoms with Crippen LogP contribution in [-0.4, -0.2) is 48.0 Å². The molecular formula is C25H36N2O5. The fourth-order valence-electron chi connectivity index (χ4n) is 4.86. The van der Waals surface area contributed by atoms with Gasteiger partial charge in [-0.3, -0.25) is 14.4 Å². The van der Waals surface area contributed by atoms with E-state index in [9.17, 15) is 19.5 Å². The Bertz CT molecular complexity index is 817. The van der Waals surface area contributed by atoms with Crippen LogP contribution in [0.1, 0.15) is 74.2 Å². The van der Waals surface area contributed by atoms with E-state index >= 15 is 0 Å². The maximum Gasteiger partial charge on any atom is 0.251 e. The Morgan fingerprint density at radius 2 is 1.97 bits per heavy atom. The lowest BCUT2D eigenvalue weighted by Crippen LogP contribution is -2.57. The third-order valence-electron chi connectivity index (χ3n) is 6.73. The molecule has 0 radical (unpaired) electrons. The Morgan fingerprint density at radius 1 is 1.22 bits per heavy atom. The summed E-state index contributed by atoms with van der Waals surface area (Å²) in [5.74, 6) is -0.319. The van der Waals surface area contributed by atoms with Crippen LogP contribution in [0.2, 0.25) is 0 Å². The lowest BCUT2D eigenvalue weighted by molar-refractivity contribution is -0.138. The first-order chi connectivity index (χ1) is 15.4. The van der Waals surface area contributed by atoms with Gasteiger partial charge in [-0.05, 0) is 49.4 Å². The molecule has 1 aliphatic heterocycles. The Kier molecular flexibility index (Phi) is 8.67. The number of rotatable bonds is 8. The molecule has 176 valence electrons. The molecule has 0 bridgehead atoms. The molecule has 0 aromatic heterocycles. The number of benzene rings is 1. The summed E-state index contributed by atoms with van der Waals surface area (Å²) in [6.07, 6.45) is 7.84. The zero-order valence-corrected chi connectivity index (χ0v) is 19.2. The molecule has 7 heteroatoms. The van der Waals surface area contributed by atoms with Gasteiger partial charge >= 0.3 is 0 Å². The van der Waals surface area contributed by atoms with Crippen LogP contribution in [0.25, 0.3) is 0 Å². The van der Waals surface area contributed by atoms with Crippen molar-refractivity contribution in [2.75, 3.05) is 13.2 Å². The van der Waals surface area contributed by atoms with E-state index in [-0.39, 0.29) is 35.9 Å². The molecule has 2 unspecified atom stereocenters. The average molecular weight is 445 g/mol. The van der Waals surface area contributed by atoms with Crippen molar-refractivity contribution in [2.45, 2.75) is 77.3 Å². The van der Waals surface area contributed by atoms with Gasteiger partial charge in [0.25, 0.3) is 5.91 Å². The van der Waals surface area contributed by atoms with Gasteiger partial charge < -0.3 is 20.5 Å². The number of ether oxygens (including phenoxy) is 1. The number of nitrogens with one attached hydrogen (secondary N) is 2. The smallest absolute Gasteiger partial charge is 0.251 e. The van der Waals surface area contributed by atoms with Crippen LogP contribution in [0.3, 0.4) is 0 Å². The number of aryl methyl sites for hydroxylation is 1. The molecule has 3 N–H and O–H groups in total. The van der Waals surface area contributed by atoms with E-state index in [1.165, 1.54) is 12.5 Å². The normalized spacial score (nSPS) is 22.9. The van der Waals surface area contributed by atoms with E-state index < -0.39 is 12.1 Å². The molecule has 1 aromatic carbocycles. The second-order valence-electron chi connectivity index (χ2n) is 9.28. The molecule has 1 heterocycles.